The normalized spacial score (nSPS) is 12.3. The van der Waals surface area contributed by atoms with Crippen LogP contribution in [0.3, 0.4) is 0 Å². The number of phenolic OH excluding ortho intramolecular Hbond substituents is 1. The predicted octanol–water partition coefficient (Wildman–Crippen LogP) is 4.86. The predicted molar refractivity (Wildman–Crippen MR) is 84.1 cm³/mol. The highest BCUT2D eigenvalue weighted by Crippen LogP contribution is 2.26. The number of halogens is 1. The van der Waals surface area contributed by atoms with Crippen LogP contribution < -0.4 is 5.32 Å². The molecule has 2 nitrogen and oxygen atoms in total. The molecule has 0 aromatic heterocycles. The zero-order chi connectivity index (χ0) is 14.8. The molecule has 0 aliphatic heterocycles. The molecular formula is C18H16FNO. The molecule has 0 saturated carbocycles. The summed E-state index contributed by atoms with van der Waals surface area (Å²) < 4.78 is 13.9. The van der Waals surface area contributed by atoms with Crippen LogP contribution in [0.25, 0.3) is 10.8 Å². The van der Waals surface area contributed by atoms with E-state index in [4.69, 9.17) is 0 Å². The molecule has 0 heterocycles. The molecular weight excluding hydrogens is 265 g/mol. The van der Waals surface area contributed by atoms with E-state index in [1.165, 1.54) is 11.5 Å². The van der Waals surface area contributed by atoms with Gasteiger partial charge in [0.15, 0.2) is 0 Å². The third-order valence-corrected chi connectivity index (χ3v) is 3.58. The molecule has 106 valence electrons. The van der Waals surface area contributed by atoms with Gasteiger partial charge < -0.3 is 10.4 Å². The van der Waals surface area contributed by atoms with Crippen LogP contribution in [0.4, 0.5) is 10.1 Å². The fraction of sp³-hybridized carbons (Fsp3) is 0.111. The third kappa shape index (κ3) is 2.82. The molecule has 1 unspecified atom stereocenters. The summed E-state index contributed by atoms with van der Waals surface area (Å²) in [6, 6.07) is 18.2. The summed E-state index contributed by atoms with van der Waals surface area (Å²) in [5.74, 6) is -0.468. The maximum absolute atomic E-state index is 13.9. The molecule has 0 fully saturated rings. The van der Waals surface area contributed by atoms with Gasteiger partial charge in [0, 0.05) is 17.3 Å². The van der Waals surface area contributed by atoms with Crippen LogP contribution in [0, 0.1) is 5.82 Å². The first kappa shape index (κ1) is 13.4. The number of aromatic hydroxyl groups is 1. The van der Waals surface area contributed by atoms with Crippen LogP contribution in [-0.4, -0.2) is 5.11 Å². The maximum atomic E-state index is 13.9. The minimum atomic E-state index is -0.407. The van der Waals surface area contributed by atoms with Crippen molar-refractivity contribution in [1.82, 2.24) is 0 Å². The van der Waals surface area contributed by atoms with Crippen molar-refractivity contribution in [2.75, 3.05) is 5.32 Å². The summed E-state index contributed by atoms with van der Waals surface area (Å²) in [5.41, 5.74) is 1.47. The number of rotatable bonds is 3. The van der Waals surface area contributed by atoms with Crippen molar-refractivity contribution in [3.8, 4) is 5.75 Å². The van der Waals surface area contributed by atoms with Crippen LogP contribution in [0.2, 0.25) is 0 Å². The second-order valence-corrected chi connectivity index (χ2v) is 5.13. The molecule has 21 heavy (non-hydrogen) atoms. The molecule has 3 aromatic carbocycles. The number of phenols is 1. The number of nitrogens with one attached hydrogen (secondary N) is 1. The molecule has 0 amide bonds. The van der Waals surface area contributed by atoms with Crippen LogP contribution >= 0.6 is 0 Å². The molecule has 3 heteroatoms. The SMILES string of the molecule is CC(Nc1ccc2ccccc2c1)c1ccc(O)cc1F. The Kier molecular flexibility index (Phi) is 3.48. The number of benzene rings is 3. The van der Waals surface area contributed by atoms with E-state index in [1.54, 1.807) is 6.07 Å². The summed E-state index contributed by atoms with van der Waals surface area (Å²) in [6.45, 7) is 1.89. The van der Waals surface area contributed by atoms with Gasteiger partial charge >= 0.3 is 0 Å². The lowest BCUT2D eigenvalue weighted by atomic mass is 10.1. The molecule has 2 N–H and O–H groups in total. The standard InChI is InChI=1S/C18H16FNO/c1-12(17-9-8-16(21)11-18(17)19)20-15-7-6-13-4-2-3-5-14(13)10-15/h2-12,20-21H,1H3. The second kappa shape index (κ2) is 5.44. The molecule has 0 saturated heterocycles. The maximum Gasteiger partial charge on any atom is 0.132 e. The fourth-order valence-electron chi connectivity index (χ4n) is 2.47. The smallest absolute Gasteiger partial charge is 0.132 e. The first-order valence-electron chi connectivity index (χ1n) is 6.87. The van der Waals surface area contributed by atoms with E-state index in [0.29, 0.717) is 5.56 Å². The first-order valence-corrected chi connectivity index (χ1v) is 6.87. The Morgan fingerprint density at radius 3 is 2.48 bits per heavy atom. The van der Waals surface area contributed by atoms with Crippen molar-refractivity contribution >= 4 is 16.5 Å². The topological polar surface area (TPSA) is 32.3 Å². The van der Waals surface area contributed by atoms with Gasteiger partial charge in [0.2, 0.25) is 0 Å². The highest BCUT2D eigenvalue weighted by Gasteiger charge is 2.11. The van der Waals surface area contributed by atoms with Gasteiger partial charge in [-0.15, -0.1) is 0 Å². The number of anilines is 1. The Bertz CT molecular complexity index is 785. The molecule has 3 rings (SSSR count). The van der Waals surface area contributed by atoms with E-state index >= 15 is 0 Å². The van der Waals surface area contributed by atoms with Crippen molar-refractivity contribution in [2.45, 2.75) is 13.0 Å². The van der Waals surface area contributed by atoms with E-state index in [1.807, 2.05) is 43.3 Å². The molecule has 0 spiro atoms. The van der Waals surface area contributed by atoms with Crippen LogP contribution in [0.1, 0.15) is 18.5 Å². The first-order chi connectivity index (χ1) is 10.1. The Labute approximate surface area is 122 Å². The molecule has 3 aromatic rings. The van der Waals surface area contributed by atoms with E-state index in [0.717, 1.165) is 17.1 Å². The Morgan fingerprint density at radius 1 is 0.952 bits per heavy atom. The Morgan fingerprint density at radius 2 is 1.71 bits per heavy atom. The molecule has 0 bridgehead atoms. The Hall–Kier alpha value is -2.55. The van der Waals surface area contributed by atoms with Crippen molar-refractivity contribution < 1.29 is 9.50 Å². The fourth-order valence-corrected chi connectivity index (χ4v) is 2.47. The zero-order valence-electron chi connectivity index (χ0n) is 11.7. The van der Waals surface area contributed by atoms with E-state index in [-0.39, 0.29) is 11.8 Å². The quantitative estimate of drug-likeness (QED) is 0.718. The average Bonchev–Trinajstić information content (AvgIpc) is 2.47. The highest BCUT2D eigenvalue weighted by atomic mass is 19.1. The monoisotopic (exact) mass is 281 g/mol. The molecule has 0 aliphatic carbocycles. The van der Waals surface area contributed by atoms with Crippen LogP contribution in [0.5, 0.6) is 5.75 Å². The van der Waals surface area contributed by atoms with Gasteiger partial charge in [0.1, 0.15) is 11.6 Å². The van der Waals surface area contributed by atoms with Gasteiger partial charge in [-0.3, -0.25) is 0 Å². The molecule has 0 aliphatic rings. The van der Waals surface area contributed by atoms with Crippen molar-refractivity contribution in [1.29, 1.82) is 0 Å². The van der Waals surface area contributed by atoms with E-state index in [2.05, 4.69) is 11.4 Å². The minimum Gasteiger partial charge on any atom is -0.508 e. The van der Waals surface area contributed by atoms with Crippen LogP contribution in [-0.2, 0) is 0 Å². The Balaban J connectivity index is 1.87. The third-order valence-electron chi connectivity index (χ3n) is 3.58. The lowest BCUT2D eigenvalue weighted by Gasteiger charge is -2.17. The number of hydrogen-bond donors (Lipinski definition) is 2. The lowest BCUT2D eigenvalue weighted by molar-refractivity contribution is 0.467. The lowest BCUT2D eigenvalue weighted by Crippen LogP contribution is -2.08. The minimum absolute atomic E-state index is 0.0610. The summed E-state index contributed by atoms with van der Waals surface area (Å²) >= 11 is 0. The van der Waals surface area contributed by atoms with Gasteiger partial charge in [-0.1, -0.05) is 36.4 Å². The number of hydrogen-bond acceptors (Lipinski definition) is 2. The molecule has 0 radical (unpaired) electrons. The van der Waals surface area contributed by atoms with Gasteiger partial charge in [0.25, 0.3) is 0 Å². The summed E-state index contributed by atoms with van der Waals surface area (Å²) in [6.07, 6.45) is 0. The summed E-state index contributed by atoms with van der Waals surface area (Å²) in [7, 11) is 0. The molecule has 1 atom stereocenters. The zero-order valence-corrected chi connectivity index (χ0v) is 11.7. The van der Waals surface area contributed by atoms with Gasteiger partial charge in [0.05, 0.1) is 6.04 Å². The van der Waals surface area contributed by atoms with Gasteiger partial charge in [-0.25, -0.2) is 4.39 Å². The largest absolute Gasteiger partial charge is 0.508 e. The van der Waals surface area contributed by atoms with Crippen LogP contribution in [0.15, 0.2) is 60.7 Å². The summed E-state index contributed by atoms with van der Waals surface area (Å²) in [4.78, 5) is 0. The second-order valence-electron chi connectivity index (χ2n) is 5.13. The summed E-state index contributed by atoms with van der Waals surface area (Å²) in [5, 5.41) is 14.9. The van der Waals surface area contributed by atoms with E-state index in [9.17, 15) is 9.50 Å². The van der Waals surface area contributed by atoms with E-state index < -0.39 is 5.82 Å². The van der Waals surface area contributed by atoms with Crippen molar-refractivity contribution in [2.24, 2.45) is 0 Å². The highest BCUT2D eigenvalue weighted by molar-refractivity contribution is 5.85. The van der Waals surface area contributed by atoms with Gasteiger partial charge in [-0.2, -0.15) is 0 Å². The van der Waals surface area contributed by atoms with Crippen molar-refractivity contribution in [3.05, 3.63) is 72.0 Å². The average molecular weight is 281 g/mol. The number of fused-ring (bicyclic) bond motifs is 1. The van der Waals surface area contributed by atoms with Gasteiger partial charge in [-0.05, 0) is 35.9 Å². The van der Waals surface area contributed by atoms with Crippen molar-refractivity contribution in [3.63, 3.8) is 0 Å².